The molecular formula is C17H26N2O. The van der Waals surface area contributed by atoms with E-state index < -0.39 is 0 Å². The van der Waals surface area contributed by atoms with Crippen LogP contribution in [0.5, 0.6) is 5.75 Å². The SMILES string of the molecule is C=CCN(CC=C)c1ccc(CNCCC)cc1OC. The minimum atomic E-state index is 0.774. The van der Waals surface area contributed by atoms with E-state index in [1.165, 1.54) is 5.56 Å². The number of anilines is 1. The van der Waals surface area contributed by atoms with Gasteiger partial charge in [0.25, 0.3) is 0 Å². The van der Waals surface area contributed by atoms with Crippen molar-refractivity contribution in [2.24, 2.45) is 0 Å². The lowest BCUT2D eigenvalue weighted by molar-refractivity contribution is 0.414. The normalized spacial score (nSPS) is 10.1. The molecule has 0 heterocycles. The summed E-state index contributed by atoms with van der Waals surface area (Å²) in [4.78, 5) is 2.18. The third-order valence-electron chi connectivity index (χ3n) is 3.04. The molecule has 1 aromatic rings. The second-order valence-corrected chi connectivity index (χ2v) is 4.67. The molecule has 0 radical (unpaired) electrons. The maximum Gasteiger partial charge on any atom is 0.142 e. The van der Waals surface area contributed by atoms with Gasteiger partial charge >= 0.3 is 0 Å². The first-order valence-corrected chi connectivity index (χ1v) is 7.11. The van der Waals surface area contributed by atoms with Crippen molar-refractivity contribution < 1.29 is 4.74 Å². The summed E-state index contributed by atoms with van der Waals surface area (Å²) in [7, 11) is 1.71. The maximum atomic E-state index is 5.53. The van der Waals surface area contributed by atoms with Crippen LogP contribution in [0.15, 0.2) is 43.5 Å². The largest absolute Gasteiger partial charge is 0.495 e. The predicted octanol–water partition coefficient (Wildman–Crippen LogP) is 3.37. The summed E-state index contributed by atoms with van der Waals surface area (Å²) in [5, 5.41) is 3.40. The third kappa shape index (κ3) is 4.74. The molecule has 0 unspecified atom stereocenters. The zero-order valence-electron chi connectivity index (χ0n) is 12.7. The molecule has 0 aliphatic heterocycles. The number of hydrogen-bond donors (Lipinski definition) is 1. The van der Waals surface area contributed by atoms with Gasteiger partial charge in [0.15, 0.2) is 0 Å². The average Bonchev–Trinajstić information content (AvgIpc) is 2.47. The summed E-state index contributed by atoms with van der Waals surface area (Å²) in [6.07, 6.45) is 4.92. The smallest absolute Gasteiger partial charge is 0.142 e. The number of nitrogens with zero attached hydrogens (tertiary/aromatic N) is 1. The van der Waals surface area contributed by atoms with E-state index in [0.29, 0.717) is 0 Å². The average molecular weight is 274 g/mol. The topological polar surface area (TPSA) is 24.5 Å². The van der Waals surface area contributed by atoms with Crippen LogP contribution in [-0.2, 0) is 6.54 Å². The van der Waals surface area contributed by atoms with E-state index in [2.05, 4.69) is 48.5 Å². The van der Waals surface area contributed by atoms with Crippen molar-refractivity contribution in [3.05, 3.63) is 49.1 Å². The fraction of sp³-hybridized carbons (Fsp3) is 0.412. The number of nitrogens with one attached hydrogen (secondary N) is 1. The van der Waals surface area contributed by atoms with Crippen LogP contribution in [-0.4, -0.2) is 26.7 Å². The Bertz CT molecular complexity index is 419. The Morgan fingerprint density at radius 3 is 2.50 bits per heavy atom. The van der Waals surface area contributed by atoms with Crippen LogP contribution in [0.25, 0.3) is 0 Å². The lowest BCUT2D eigenvalue weighted by Gasteiger charge is -2.24. The minimum absolute atomic E-state index is 0.774. The molecule has 1 aromatic carbocycles. The first-order valence-electron chi connectivity index (χ1n) is 7.11. The van der Waals surface area contributed by atoms with Crippen molar-refractivity contribution in [1.29, 1.82) is 0 Å². The van der Waals surface area contributed by atoms with Crippen molar-refractivity contribution >= 4 is 5.69 Å². The summed E-state index contributed by atoms with van der Waals surface area (Å²) in [6, 6.07) is 6.34. The molecule has 0 saturated carbocycles. The van der Waals surface area contributed by atoms with Crippen molar-refractivity contribution in [3.8, 4) is 5.75 Å². The van der Waals surface area contributed by atoms with Gasteiger partial charge in [0, 0.05) is 19.6 Å². The Morgan fingerprint density at radius 2 is 1.95 bits per heavy atom. The molecule has 3 heteroatoms. The summed E-state index contributed by atoms with van der Waals surface area (Å²) in [5.41, 5.74) is 2.31. The second kappa shape index (κ2) is 9.21. The van der Waals surface area contributed by atoms with E-state index in [9.17, 15) is 0 Å². The van der Waals surface area contributed by atoms with Crippen molar-refractivity contribution in [3.63, 3.8) is 0 Å². The van der Waals surface area contributed by atoms with E-state index >= 15 is 0 Å². The van der Waals surface area contributed by atoms with Gasteiger partial charge in [-0.3, -0.25) is 0 Å². The highest BCUT2D eigenvalue weighted by Crippen LogP contribution is 2.29. The van der Waals surface area contributed by atoms with Gasteiger partial charge in [0.05, 0.1) is 12.8 Å². The zero-order valence-corrected chi connectivity index (χ0v) is 12.7. The molecule has 0 atom stereocenters. The molecule has 20 heavy (non-hydrogen) atoms. The molecule has 0 bridgehead atoms. The summed E-state index contributed by atoms with van der Waals surface area (Å²) in [5.74, 6) is 0.893. The predicted molar refractivity (Wildman–Crippen MR) is 87.6 cm³/mol. The highest BCUT2D eigenvalue weighted by Gasteiger charge is 2.10. The first kappa shape index (κ1) is 16.3. The quantitative estimate of drug-likeness (QED) is 0.523. The van der Waals surface area contributed by atoms with Gasteiger partial charge < -0.3 is 15.0 Å². The summed E-state index contributed by atoms with van der Waals surface area (Å²) < 4.78 is 5.53. The minimum Gasteiger partial charge on any atom is -0.495 e. The molecule has 0 aliphatic rings. The van der Waals surface area contributed by atoms with Crippen LogP contribution in [0.4, 0.5) is 5.69 Å². The molecule has 1 rings (SSSR count). The molecule has 0 spiro atoms. The van der Waals surface area contributed by atoms with Crippen molar-refractivity contribution in [1.82, 2.24) is 5.32 Å². The molecule has 0 aromatic heterocycles. The van der Waals surface area contributed by atoms with Gasteiger partial charge in [-0.25, -0.2) is 0 Å². The van der Waals surface area contributed by atoms with Crippen LogP contribution in [0.1, 0.15) is 18.9 Å². The van der Waals surface area contributed by atoms with Crippen molar-refractivity contribution in [2.75, 3.05) is 31.6 Å². The van der Waals surface area contributed by atoms with Gasteiger partial charge in [-0.2, -0.15) is 0 Å². The van der Waals surface area contributed by atoms with Gasteiger partial charge in [0.2, 0.25) is 0 Å². The van der Waals surface area contributed by atoms with Crippen LogP contribution in [0, 0.1) is 0 Å². The fourth-order valence-electron chi connectivity index (χ4n) is 2.09. The van der Waals surface area contributed by atoms with E-state index in [1.807, 2.05) is 12.2 Å². The Balaban J connectivity index is 2.90. The number of methoxy groups -OCH3 is 1. The monoisotopic (exact) mass is 274 g/mol. The molecule has 3 nitrogen and oxygen atoms in total. The fourth-order valence-corrected chi connectivity index (χ4v) is 2.09. The zero-order chi connectivity index (χ0) is 14.8. The van der Waals surface area contributed by atoms with Gasteiger partial charge in [-0.15, -0.1) is 13.2 Å². The lowest BCUT2D eigenvalue weighted by atomic mass is 10.1. The molecule has 0 amide bonds. The standard InChI is InChI=1S/C17H26N2O/c1-5-10-18-14-15-8-9-16(17(13-15)20-4)19(11-6-2)12-7-3/h6-9,13,18H,2-3,5,10-12,14H2,1,4H3. The first-order chi connectivity index (χ1) is 9.76. The second-order valence-electron chi connectivity index (χ2n) is 4.67. The Labute approximate surface area is 122 Å². The van der Waals surface area contributed by atoms with E-state index in [4.69, 9.17) is 4.74 Å². The third-order valence-corrected chi connectivity index (χ3v) is 3.04. The number of hydrogen-bond acceptors (Lipinski definition) is 3. The highest BCUT2D eigenvalue weighted by atomic mass is 16.5. The molecule has 0 saturated heterocycles. The van der Waals surface area contributed by atoms with Crippen LogP contribution in [0.3, 0.4) is 0 Å². The molecule has 1 N–H and O–H groups in total. The van der Waals surface area contributed by atoms with Gasteiger partial charge in [0.1, 0.15) is 5.75 Å². The number of ether oxygens (including phenoxy) is 1. The molecular weight excluding hydrogens is 248 g/mol. The molecule has 110 valence electrons. The molecule has 0 aliphatic carbocycles. The van der Waals surface area contributed by atoms with E-state index in [1.54, 1.807) is 7.11 Å². The van der Waals surface area contributed by atoms with Crippen LogP contribution in [0.2, 0.25) is 0 Å². The molecule has 0 fully saturated rings. The van der Waals surface area contributed by atoms with Gasteiger partial charge in [-0.1, -0.05) is 25.1 Å². The Hall–Kier alpha value is -1.74. The van der Waals surface area contributed by atoms with E-state index in [0.717, 1.165) is 44.0 Å². The maximum absolute atomic E-state index is 5.53. The van der Waals surface area contributed by atoms with Crippen LogP contribution < -0.4 is 15.0 Å². The Morgan fingerprint density at radius 1 is 1.25 bits per heavy atom. The highest BCUT2D eigenvalue weighted by molar-refractivity contribution is 5.60. The number of rotatable bonds is 10. The lowest BCUT2D eigenvalue weighted by Crippen LogP contribution is -2.23. The summed E-state index contributed by atoms with van der Waals surface area (Å²) in [6.45, 7) is 13.2. The number of benzene rings is 1. The Kier molecular flexibility index (Phi) is 7.51. The van der Waals surface area contributed by atoms with Crippen molar-refractivity contribution in [2.45, 2.75) is 19.9 Å². The van der Waals surface area contributed by atoms with Gasteiger partial charge in [-0.05, 0) is 30.7 Å². The van der Waals surface area contributed by atoms with E-state index in [-0.39, 0.29) is 0 Å². The summed E-state index contributed by atoms with van der Waals surface area (Å²) >= 11 is 0. The van der Waals surface area contributed by atoms with Crippen LogP contribution >= 0.6 is 0 Å².